The maximum Gasteiger partial charge on any atom is 0.353 e. The van der Waals surface area contributed by atoms with E-state index in [0.717, 1.165) is 5.56 Å². The van der Waals surface area contributed by atoms with Crippen molar-refractivity contribution in [3.05, 3.63) is 58.4 Å². The van der Waals surface area contributed by atoms with Crippen molar-refractivity contribution in [3.8, 4) is 28.4 Å². The summed E-state index contributed by atoms with van der Waals surface area (Å²) in [6.45, 7) is 1.80. The van der Waals surface area contributed by atoms with E-state index in [9.17, 15) is 19.5 Å². The van der Waals surface area contributed by atoms with Gasteiger partial charge in [0.05, 0.1) is 12.8 Å². The highest BCUT2D eigenvalue weighted by Gasteiger charge is 2.59. The molecule has 9 heteroatoms. The number of para-hydroxylation sites is 1. The summed E-state index contributed by atoms with van der Waals surface area (Å²) in [5.41, 5.74) is -0.216. The number of methoxy groups -OCH3 is 1. The van der Waals surface area contributed by atoms with Crippen molar-refractivity contribution < 1.29 is 19.4 Å². The van der Waals surface area contributed by atoms with Gasteiger partial charge >= 0.3 is 5.97 Å². The molecule has 1 saturated heterocycles. The zero-order chi connectivity index (χ0) is 21.9. The van der Waals surface area contributed by atoms with E-state index >= 15 is 0 Å². The molecule has 2 aliphatic rings. The van der Waals surface area contributed by atoms with E-state index in [4.69, 9.17) is 4.74 Å². The summed E-state index contributed by atoms with van der Waals surface area (Å²) in [4.78, 5) is 43.9. The van der Waals surface area contributed by atoms with Crippen LogP contribution in [0.25, 0.3) is 22.6 Å². The van der Waals surface area contributed by atoms with E-state index in [-0.39, 0.29) is 30.3 Å². The molecule has 5 rings (SSSR count). The lowest BCUT2D eigenvalue weighted by Crippen LogP contribution is -2.58. The number of rotatable bonds is 3. The second-order valence-corrected chi connectivity index (χ2v) is 7.55. The average molecular weight is 418 g/mol. The lowest BCUT2D eigenvalue weighted by Gasteiger charge is -2.41. The zero-order valence-electron chi connectivity index (χ0n) is 16.8. The van der Waals surface area contributed by atoms with Crippen molar-refractivity contribution in [2.45, 2.75) is 25.4 Å². The summed E-state index contributed by atoms with van der Waals surface area (Å²) >= 11 is 0. The topological polar surface area (TPSA) is 115 Å². The molecule has 3 heterocycles. The van der Waals surface area contributed by atoms with Crippen molar-refractivity contribution in [3.63, 3.8) is 0 Å². The van der Waals surface area contributed by atoms with Gasteiger partial charge in [-0.25, -0.2) is 9.48 Å². The van der Waals surface area contributed by atoms with Crippen molar-refractivity contribution in [2.24, 2.45) is 0 Å². The molecule has 1 N–H and O–H groups in total. The van der Waals surface area contributed by atoms with Gasteiger partial charge in [-0.2, -0.15) is 10.1 Å². The molecule has 3 aromatic rings. The number of aliphatic carboxylic acids is 1. The van der Waals surface area contributed by atoms with Gasteiger partial charge in [0.15, 0.2) is 11.5 Å². The van der Waals surface area contributed by atoms with E-state index in [2.05, 4.69) is 10.1 Å². The number of carboxylic acid groups (broad SMARTS) is 1. The average Bonchev–Trinajstić information content (AvgIpc) is 3.12. The summed E-state index contributed by atoms with van der Waals surface area (Å²) in [7, 11) is 1.53. The van der Waals surface area contributed by atoms with E-state index in [1.165, 1.54) is 16.7 Å². The molecule has 1 aromatic heterocycles. The Morgan fingerprint density at radius 3 is 2.58 bits per heavy atom. The lowest BCUT2D eigenvalue weighted by molar-refractivity contribution is -0.148. The number of aryl methyl sites for hydroxylation is 1. The fourth-order valence-corrected chi connectivity index (χ4v) is 4.40. The third kappa shape index (κ3) is 2.46. The number of nitrogens with zero attached hydrogens (tertiary/aromatic N) is 4. The van der Waals surface area contributed by atoms with Crippen LogP contribution in [0.5, 0.6) is 5.75 Å². The molecule has 0 bridgehead atoms. The van der Waals surface area contributed by atoms with Gasteiger partial charge in [-0.3, -0.25) is 14.5 Å². The van der Waals surface area contributed by atoms with Crippen molar-refractivity contribution in [2.75, 3.05) is 12.0 Å². The van der Waals surface area contributed by atoms with E-state index in [1.54, 1.807) is 49.4 Å². The number of hydrogen-bond acceptors (Lipinski definition) is 6. The van der Waals surface area contributed by atoms with E-state index in [0.29, 0.717) is 22.6 Å². The van der Waals surface area contributed by atoms with Crippen LogP contribution in [0, 0.1) is 6.92 Å². The Kier molecular flexibility index (Phi) is 3.98. The summed E-state index contributed by atoms with van der Waals surface area (Å²) in [6, 6.07) is 12.0. The maximum absolute atomic E-state index is 12.9. The van der Waals surface area contributed by atoms with Crippen molar-refractivity contribution >= 4 is 17.6 Å². The van der Waals surface area contributed by atoms with Crippen molar-refractivity contribution in [1.82, 2.24) is 14.8 Å². The standard InChI is InChI=1S/C22H18N4O5/c1-12-4-3-5-15-18(12)25-16(27)10-11-22(25,21(29)30)26-19(15)23-20(28)17(24-26)13-6-8-14(31-2)9-7-13/h3-9H,10-11H2,1-2H3,(H,29,30). The lowest BCUT2D eigenvalue weighted by atomic mass is 9.97. The largest absolute Gasteiger partial charge is 0.497 e. The molecular formula is C22H18N4O5. The molecule has 9 nitrogen and oxygen atoms in total. The fourth-order valence-electron chi connectivity index (χ4n) is 4.40. The summed E-state index contributed by atoms with van der Waals surface area (Å²) in [5.74, 6) is -0.801. The molecule has 1 fully saturated rings. The Bertz CT molecular complexity index is 1310. The van der Waals surface area contributed by atoms with Crippen LogP contribution >= 0.6 is 0 Å². The predicted molar refractivity (Wildman–Crippen MR) is 111 cm³/mol. The second kappa shape index (κ2) is 6.49. The minimum atomic E-state index is -1.78. The van der Waals surface area contributed by atoms with Crippen LogP contribution in [0.2, 0.25) is 0 Å². The minimum absolute atomic E-state index is 0.00225. The SMILES string of the molecule is COc1ccc(-c2nn3c(nc2=O)-c2cccc(C)c2N2C(=O)CCC23C(=O)O)cc1. The van der Waals surface area contributed by atoms with Gasteiger partial charge in [0.1, 0.15) is 5.75 Å². The Morgan fingerprint density at radius 2 is 1.90 bits per heavy atom. The van der Waals surface area contributed by atoms with Crippen LogP contribution in [-0.4, -0.2) is 38.9 Å². The number of anilines is 1. The molecule has 0 saturated carbocycles. The van der Waals surface area contributed by atoms with Gasteiger partial charge in [0.2, 0.25) is 11.6 Å². The van der Waals surface area contributed by atoms with Gasteiger partial charge in [0.25, 0.3) is 5.56 Å². The van der Waals surface area contributed by atoms with Crippen LogP contribution in [0.15, 0.2) is 47.3 Å². The first-order valence-electron chi connectivity index (χ1n) is 9.71. The van der Waals surface area contributed by atoms with E-state index < -0.39 is 17.2 Å². The third-order valence-electron chi connectivity index (χ3n) is 5.88. The molecule has 0 radical (unpaired) electrons. The summed E-state index contributed by atoms with van der Waals surface area (Å²) in [5, 5.41) is 14.8. The molecule has 1 amide bonds. The van der Waals surface area contributed by atoms with Gasteiger partial charge in [-0.05, 0) is 42.8 Å². The Labute approximate surface area is 176 Å². The number of amides is 1. The number of carbonyl (C=O) groups is 2. The highest BCUT2D eigenvalue weighted by atomic mass is 16.5. The summed E-state index contributed by atoms with van der Waals surface area (Å²) < 4.78 is 6.38. The Hall–Kier alpha value is -4.01. The predicted octanol–water partition coefficient (Wildman–Crippen LogP) is 2.17. The first-order chi connectivity index (χ1) is 14.9. The third-order valence-corrected chi connectivity index (χ3v) is 5.88. The second-order valence-electron chi connectivity index (χ2n) is 7.55. The minimum Gasteiger partial charge on any atom is -0.497 e. The Morgan fingerprint density at radius 1 is 1.16 bits per heavy atom. The van der Waals surface area contributed by atoms with E-state index in [1.807, 2.05) is 0 Å². The molecule has 156 valence electrons. The van der Waals surface area contributed by atoms with Gasteiger partial charge in [-0.15, -0.1) is 0 Å². The van der Waals surface area contributed by atoms with Gasteiger partial charge < -0.3 is 9.84 Å². The highest BCUT2D eigenvalue weighted by Crippen LogP contribution is 2.49. The Balaban J connectivity index is 1.85. The monoisotopic (exact) mass is 418 g/mol. The number of carbonyl (C=O) groups excluding carboxylic acids is 1. The zero-order valence-corrected chi connectivity index (χ0v) is 16.8. The first kappa shape index (κ1) is 19.0. The van der Waals surface area contributed by atoms with Gasteiger partial charge in [0, 0.05) is 24.0 Å². The number of fused-ring (bicyclic) bond motifs is 6. The molecule has 0 spiro atoms. The maximum atomic E-state index is 12.9. The normalized spacial score (nSPS) is 18.9. The quantitative estimate of drug-likeness (QED) is 0.693. The first-order valence-corrected chi connectivity index (χ1v) is 9.71. The molecule has 2 aromatic carbocycles. The molecule has 0 aliphatic carbocycles. The highest BCUT2D eigenvalue weighted by molar-refractivity contribution is 6.08. The number of carboxylic acids is 1. The molecule has 1 atom stereocenters. The van der Waals surface area contributed by atoms with Crippen LogP contribution in [0.1, 0.15) is 18.4 Å². The van der Waals surface area contributed by atoms with Crippen LogP contribution in [0.3, 0.4) is 0 Å². The fraction of sp³-hybridized carbons (Fsp3) is 0.227. The van der Waals surface area contributed by atoms with Gasteiger partial charge in [-0.1, -0.05) is 12.1 Å². The number of benzene rings is 2. The molecule has 31 heavy (non-hydrogen) atoms. The smallest absolute Gasteiger partial charge is 0.353 e. The van der Waals surface area contributed by atoms with Crippen LogP contribution in [-0.2, 0) is 15.3 Å². The van der Waals surface area contributed by atoms with Crippen LogP contribution < -0.4 is 15.2 Å². The number of hydrogen-bond donors (Lipinski definition) is 1. The number of ether oxygens (including phenoxy) is 1. The molecular weight excluding hydrogens is 400 g/mol. The number of aromatic nitrogens is 3. The van der Waals surface area contributed by atoms with Crippen molar-refractivity contribution in [1.29, 1.82) is 0 Å². The molecule has 1 unspecified atom stereocenters. The summed E-state index contributed by atoms with van der Waals surface area (Å²) in [6.07, 6.45) is 0.0622. The van der Waals surface area contributed by atoms with Crippen LogP contribution in [0.4, 0.5) is 5.69 Å². The molecule has 2 aliphatic heterocycles.